The van der Waals surface area contributed by atoms with Crippen molar-refractivity contribution in [2.24, 2.45) is 0 Å². The molecule has 0 aromatic heterocycles. The van der Waals surface area contributed by atoms with E-state index in [0.717, 1.165) is 35.1 Å². The lowest BCUT2D eigenvalue weighted by atomic mass is 9.96. The standard InChI is InChI=1S/C19H27NO2/c1-6-14-7-8-15-11-16(13(2)3)18(21)12-17(15)19(14)22-10-9-20(4)5/h7-8,11-13,21H,6,9-10H2,1-5H3. The van der Waals surface area contributed by atoms with Crippen molar-refractivity contribution in [2.45, 2.75) is 33.1 Å². The Hall–Kier alpha value is -1.74. The van der Waals surface area contributed by atoms with Crippen LogP contribution in [0, 0.1) is 0 Å². The predicted octanol–water partition coefficient (Wildman–Crippen LogP) is 4.17. The van der Waals surface area contributed by atoms with Crippen LogP contribution in [-0.4, -0.2) is 37.3 Å². The fourth-order valence-electron chi connectivity index (χ4n) is 2.64. The van der Waals surface area contributed by atoms with Crippen LogP contribution >= 0.6 is 0 Å². The van der Waals surface area contributed by atoms with Crippen molar-refractivity contribution >= 4 is 10.8 Å². The molecule has 2 aromatic carbocycles. The van der Waals surface area contributed by atoms with Gasteiger partial charge in [-0.05, 0) is 55.1 Å². The highest BCUT2D eigenvalue weighted by atomic mass is 16.5. The molecule has 0 unspecified atom stereocenters. The number of likely N-dealkylation sites (N-methyl/N-ethyl adjacent to an activating group) is 1. The number of phenolic OH excluding ortho intramolecular Hbond substituents is 1. The van der Waals surface area contributed by atoms with E-state index in [0.29, 0.717) is 18.3 Å². The van der Waals surface area contributed by atoms with Crippen molar-refractivity contribution in [2.75, 3.05) is 27.2 Å². The normalized spacial score (nSPS) is 11.6. The topological polar surface area (TPSA) is 32.7 Å². The third kappa shape index (κ3) is 3.53. The van der Waals surface area contributed by atoms with Gasteiger partial charge in [-0.15, -0.1) is 0 Å². The van der Waals surface area contributed by atoms with Crippen LogP contribution < -0.4 is 4.74 Å². The molecule has 0 saturated heterocycles. The monoisotopic (exact) mass is 301 g/mol. The Balaban J connectivity index is 2.48. The van der Waals surface area contributed by atoms with Crippen LogP contribution in [0.1, 0.15) is 37.8 Å². The molecule has 0 atom stereocenters. The Morgan fingerprint density at radius 1 is 1.18 bits per heavy atom. The molecular formula is C19H27NO2. The summed E-state index contributed by atoms with van der Waals surface area (Å²) in [5.41, 5.74) is 2.17. The van der Waals surface area contributed by atoms with E-state index in [1.54, 1.807) is 0 Å². The summed E-state index contributed by atoms with van der Waals surface area (Å²) in [6.45, 7) is 7.83. The molecule has 120 valence electrons. The molecule has 0 aliphatic carbocycles. The maximum absolute atomic E-state index is 10.3. The van der Waals surface area contributed by atoms with Crippen LogP contribution in [0.5, 0.6) is 11.5 Å². The number of benzene rings is 2. The molecule has 0 bridgehead atoms. The highest BCUT2D eigenvalue weighted by Gasteiger charge is 2.13. The summed E-state index contributed by atoms with van der Waals surface area (Å²) < 4.78 is 6.05. The third-order valence-electron chi connectivity index (χ3n) is 3.99. The molecule has 0 saturated carbocycles. The number of nitrogens with zero attached hydrogens (tertiary/aromatic N) is 1. The van der Waals surface area contributed by atoms with Gasteiger partial charge in [0.1, 0.15) is 18.1 Å². The van der Waals surface area contributed by atoms with Crippen LogP contribution in [0.15, 0.2) is 24.3 Å². The smallest absolute Gasteiger partial charge is 0.130 e. The summed E-state index contributed by atoms with van der Waals surface area (Å²) in [4.78, 5) is 2.10. The lowest BCUT2D eigenvalue weighted by Gasteiger charge is -2.17. The Morgan fingerprint density at radius 2 is 1.91 bits per heavy atom. The molecule has 3 heteroatoms. The second kappa shape index (κ2) is 7.01. The maximum Gasteiger partial charge on any atom is 0.130 e. The van der Waals surface area contributed by atoms with Crippen molar-refractivity contribution < 1.29 is 9.84 Å². The zero-order valence-corrected chi connectivity index (χ0v) is 14.3. The van der Waals surface area contributed by atoms with Crippen molar-refractivity contribution in [3.05, 3.63) is 35.4 Å². The van der Waals surface area contributed by atoms with E-state index in [4.69, 9.17) is 4.74 Å². The van der Waals surface area contributed by atoms with Gasteiger partial charge in [-0.25, -0.2) is 0 Å². The number of hydrogen-bond acceptors (Lipinski definition) is 3. The number of aromatic hydroxyl groups is 1. The summed E-state index contributed by atoms with van der Waals surface area (Å²) in [6, 6.07) is 8.19. The molecule has 0 fully saturated rings. The van der Waals surface area contributed by atoms with E-state index < -0.39 is 0 Å². The molecule has 0 aliphatic rings. The van der Waals surface area contributed by atoms with Crippen LogP contribution in [-0.2, 0) is 6.42 Å². The second-order valence-electron chi connectivity index (χ2n) is 6.35. The van der Waals surface area contributed by atoms with Crippen LogP contribution in [0.25, 0.3) is 10.8 Å². The van der Waals surface area contributed by atoms with Gasteiger partial charge in [-0.3, -0.25) is 0 Å². The highest BCUT2D eigenvalue weighted by molar-refractivity contribution is 5.91. The summed E-state index contributed by atoms with van der Waals surface area (Å²) >= 11 is 0. The van der Waals surface area contributed by atoms with Crippen molar-refractivity contribution in [3.8, 4) is 11.5 Å². The average molecular weight is 301 g/mol. The molecular weight excluding hydrogens is 274 g/mol. The molecule has 22 heavy (non-hydrogen) atoms. The Bertz CT molecular complexity index is 647. The minimum atomic E-state index is 0.299. The minimum Gasteiger partial charge on any atom is -0.508 e. The number of rotatable bonds is 6. The van der Waals surface area contributed by atoms with Gasteiger partial charge in [0.2, 0.25) is 0 Å². The van der Waals surface area contributed by atoms with E-state index >= 15 is 0 Å². The van der Waals surface area contributed by atoms with Gasteiger partial charge < -0.3 is 14.7 Å². The van der Waals surface area contributed by atoms with E-state index in [-0.39, 0.29) is 0 Å². The SMILES string of the molecule is CCc1ccc2cc(C(C)C)c(O)cc2c1OCCN(C)C. The lowest BCUT2D eigenvalue weighted by Crippen LogP contribution is -2.19. The van der Waals surface area contributed by atoms with Gasteiger partial charge in [0.05, 0.1) is 0 Å². The van der Waals surface area contributed by atoms with Crippen molar-refractivity contribution in [3.63, 3.8) is 0 Å². The minimum absolute atomic E-state index is 0.299. The van der Waals surface area contributed by atoms with Gasteiger partial charge in [-0.1, -0.05) is 32.9 Å². The van der Waals surface area contributed by atoms with Gasteiger partial charge in [0.15, 0.2) is 0 Å². The van der Waals surface area contributed by atoms with Crippen molar-refractivity contribution in [1.82, 2.24) is 4.90 Å². The zero-order valence-electron chi connectivity index (χ0n) is 14.3. The summed E-state index contributed by atoms with van der Waals surface area (Å²) in [5, 5.41) is 12.4. The predicted molar refractivity (Wildman–Crippen MR) is 93.1 cm³/mol. The average Bonchev–Trinajstić information content (AvgIpc) is 2.46. The number of hydrogen-bond donors (Lipinski definition) is 1. The molecule has 0 radical (unpaired) electrons. The third-order valence-corrected chi connectivity index (χ3v) is 3.99. The number of fused-ring (bicyclic) bond motifs is 1. The van der Waals surface area contributed by atoms with E-state index in [9.17, 15) is 5.11 Å². The Morgan fingerprint density at radius 3 is 2.50 bits per heavy atom. The van der Waals surface area contributed by atoms with Crippen LogP contribution in [0.3, 0.4) is 0 Å². The summed E-state index contributed by atoms with van der Waals surface area (Å²) in [7, 11) is 4.07. The summed E-state index contributed by atoms with van der Waals surface area (Å²) in [5.74, 6) is 1.56. The van der Waals surface area contributed by atoms with Crippen LogP contribution in [0.4, 0.5) is 0 Å². The Kier molecular flexibility index (Phi) is 5.30. The van der Waals surface area contributed by atoms with E-state index in [1.165, 1.54) is 5.56 Å². The zero-order chi connectivity index (χ0) is 16.3. The second-order valence-corrected chi connectivity index (χ2v) is 6.35. The first kappa shape index (κ1) is 16.6. The molecule has 0 amide bonds. The van der Waals surface area contributed by atoms with Crippen LogP contribution in [0.2, 0.25) is 0 Å². The van der Waals surface area contributed by atoms with Gasteiger partial charge in [0, 0.05) is 11.9 Å². The molecule has 3 nitrogen and oxygen atoms in total. The fourth-order valence-corrected chi connectivity index (χ4v) is 2.64. The number of aryl methyl sites for hydroxylation is 1. The Labute approximate surface area is 133 Å². The number of ether oxygens (including phenoxy) is 1. The lowest BCUT2D eigenvalue weighted by molar-refractivity contribution is 0.262. The first-order valence-electron chi connectivity index (χ1n) is 8.00. The van der Waals surface area contributed by atoms with Gasteiger partial charge in [0.25, 0.3) is 0 Å². The fraction of sp³-hybridized carbons (Fsp3) is 0.474. The van der Waals surface area contributed by atoms with Crippen molar-refractivity contribution in [1.29, 1.82) is 0 Å². The maximum atomic E-state index is 10.3. The molecule has 0 aliphatic heterocycles. The largest absolute Gasteiger partial charge is 0.508 e. The molecule has 2 rings (SSSR count). The van der Waals surface area contributed by atoms with E-state index in [2.05, 4.69) is 43.9 Å². The van der Waals surface area contributed by atoms with Gasteiger partial charge in [-0.2, -0.15) is 0 Å². The van der Waals surface area contributed by atoms with Gasteiger partial charge >= 0.3 is 0 Å². The first-order valence-corrected chi connectivity index (χ1v) is 8.00. The first-order chi connectivity index (χ1) is 10.4. The quantitative estimate of drug-likeness (QED) is 0.869. The van der Waals surface area contributed by atoms with E-state index in [1.807, 2.05) is 20.2 Å². The molecule has 0 heterocycles. The molecule has 2 aromatic rings. The summed E-state index contributed by atoms with van der Waals surface area (Å²) in [6.07, 6.45) is 0.917. The molecule has 0 spiro atoms. The highest BCUT2D eigenvalue weighted by Crippen LogP contribution is 2.37. The number of phenols is 1. The molecule has 1 N–H and O–H groups in total.